The van der Waals surface area contributed by atoms with Gasteiger partial charge in [0.05, 0.1) is 5.69 Å². The zero-order chi connectivity index (χ0) is 17.3. The molecule has 6 nitrogen and oxygen atoms in total. The fourth-order valence-corrected chi connectivity index (χ4v) is 3.15. The normalized spacial score (nSPS) is 16.8. The average Bonchev–Trinajstić information content (AvgIpc) is 2.90. The van der Waals surface area contributed by atoms with E-state index in [1.54, 1.807) is 0 Å². The van der Waals surface area contributed by atoms with Crippen LogP contribution in [0.15, 0.2) is 24.3 Å². The van der Waals surface area contributed by atoms with E-state index in [0.29, 0.717) is 19.4 Å². The lowest BCUT2D eigenvalue weighted by molar-refractivity contribution is -0.151. The van der Waals surface area contributed by atoms with E-state index >= 15 is 0 Å². The monoisotopic (exact) mass is 327 g/mol. The molecule has 126 valence electrons. The Morgan fingerprint density at radius 1 is 1.29 bits per heavy atom. The largest absolute Gasteiger partial charge is 0.480 e. The minimum atomic E-state index is -0.954. The molecule has 0 spiro atoms. The molecule has 2 N–H and O–H groups in total. The zero-order valence-corrected chi connectivity index (χ0v) is 13.9. The number of benzene rings is 1. The van der Waals surface area contributed by atoms with Crippen LogP contribution < -0.4 is 0 Å². The Labute approximate surface area is 140 Å². The number of aryl methyl sites for hydroxylation is 2. The number of nitrogens with zero attached hydrogens (tertiary/aromatic N) is 2. The van der Waals surface area contributed by atoms with Crippen LogP contribution in [0.5, 0.6) is 0 Å². The van der Waals surface area contributed by atoms with Gasteiger partial charge in [-0.2, -0.15) is 5.10 Å². The standard InChI is InChI=1S/C18H21N3O3/c1-11-12(2)19-20-15(11)7-8-17(22)21-10-14-6-4-3-5-13(14)9-16(21)18(23)24/h3-6,16H,7-10H2,1-2H3,(H,19,20)(H,23,24). The summed E-state index contributed by atoms with van der Waals surface area (Å²) in [5, 5.41) is 16.6. The molecule has 2 aromatic rings. The average molecular weight is 327 g/mol. The first kappa shape index (κ1) is 16.2. The molecule has 0 saturated heterocycles. The van der Waals surface area contributed by atoms with Crippen LogP contribution in [0.25, 0.3) is 0 Å². The second kappa shape index (κ2) is 6.47. The van der Waals surface area contributed by atoms with Crippen LogP contribution in [-0.4, -0.2) is 38.1 Å². The number of hydrogen-bond acceptors (Lipinski definition) is 3. The number of rotatable bonds is 4. The predicted molar refractivity (Wildman–Crippen MR) is 88.5 cm³/mol. The Balaban J connectivity index is 1.75. The highest BCUT2D eigenvalue weighted by Gasteiger charge is 2.34. The van der Waals surface area contributed by atoms with Gasteiger partial charge < -0.3 is 10.0 Å². The predicted octanol–water partition coefficient (Wildman–Crippen LogP) is 2.00. The third kappa shape index (κ3) is 3.04. The Morgan fingerprint density at radius 2 is 2.00 bits per heavy atom. The highest BCUT2D eigenvalue weighted by molar-refractivity contribution is 5.84. The lowest BCUT2D eigenvalue weighted by Gasteiger charge is -2.34. The van der Waals surface area contributed by atoms with Gasteiger partial charge in [0.1, 0.15) is 6.04 Å². The molecule has 0 aliphatic carbocycles. The molecule has 0 radical (unpaired) electrons. The summed E-state index contributed by atoms with van der Waals surface area (Å²) in [7, 11) is 0. The van der Waals surface area contributed by atoms with Crippen LogP contribution in [0.4, 0.5) is 0 Å². The molecular weight excluding hydrogens is 306 g/mol. The smallest absolute Gasteiger partial charge is 0.326 e. The Hall–Kier alpha value is -2.63. The van der Waals surface area contributed by atoms with E-state index in [4.69, 9.17) is 0 Å². The fourth-order valence-electron chi connectivity index (χ4n) is 3.15. The van der Waals surface area contributed by atoms with Crippen LogP contribution in [0.1, 0.15) is 34.5 Å². The minimum Gasteiger partial charge on any atom is -0.480 e. The maximum Gasteiger partial charge on any atom is 0.326 e. The quantitative estimate of drug-likeness (QED) is 0.899. The summed E-state index contributed by atoms with van der Waals surface area (Å²) in [6, 6.07) is 6.91. The van der Waals surface area contributed by atoms with Gasteiger partial charge in [-0.15, -0.1) is 0 Å². The highest BCUT2D eigenvalue weighted by Crippen LogP contribution is 2.24. The van der Waals surface area contributed by atoms with E-state index in [1.807, 2.05) is 38.1 Å². The molecule has 0 fully saturated rings. The summed E-state index contributed by atoms with van der Waals surface area (Å²) in [6.07, 6.45) is 1.13. The van der Waals surface area contributed by atoms with Gasteiger partial charge in [0, 0.05) is 31.5 Å². The highest BCUT2D eigenvalue weighted by atomic mass is 16.4. The number of carboxylic acid groups (broad SMARTS) is 1. The molecule has 24 heavy (non-hydrogen) atoms. The SMILES string of the molecule is Cc1[nH]nc(CCC(=O)N2Cc3ccccc3CC2C(=O)O)c1C. The number of fused-ring (bicyclic) bond motifs is 1. The van der Waals surface area contributed by atoms with E-state index < -0.39 is 12.0 Å². The number of nitrogens with one attached hydrogen (secondary N) is 1. The lowest BCUT2D eigenvalue weighted by Crippen LogP contribution is -2.48. The Morgan fingerprint density at radius 3 is 2.62 bits per heavy atom. The van der Waals surface area contributed by atoms with Crippen molar-refractivity contribution < 1.29 is 14.7 Å². The van der Waals surface area contributed by atoms with Crippen molar-refractivity contribution in [2.45, 2.75) is 45.7 Å². The van der Waals surface area contributed by atoms with Crippen LogP contribution in [-0.2, 0) is 29.0 Å². The van der Waals surface area contributed by atoms with Crippen molar-refractivity contribution in [1.29, 1.82) is 0 Å². The first-order chi connectivity index (χ1) is 11.5. The first-order valence-electron chi connectivity index (χ1n) is 8.07. The number of carbonyl (C=O) groups is 2. The Kier molecular flexibility index (Phi) is 4.38. The summed E-state index contributed by atoms with van der Waals surface area (Å²) in [5.41, 5.74) is 4.95. The van der Waals surface area contributed by atoms with Crippen molar-refractivity contribution in [3.63, 3.8) is 0 Å². The summed E-state index contributed by atoms with van der Waals surface area (Å²) in [6.45, 7) is 4.26. The summed E-state index contributed by atoms with van der Waals surface area (Å²) in [4.78, 5) is 25.7. The second-order valence-corrected chi connectivity index (χ2v) is 6.27. The summed E-state index contributed by atoms with van der Waals surface area (Å²) < 4.78 is 0. The third-order valence-electron chi connectivity index (χ3n) is 4.78. The van der Waals surface area contributed by atoms with Crippen molar-refractivity contribution in [2.75, 3.05) is 0 Å². The fraction of sp³-hybridized carbons (Fsp3) is 0.389. The molecule has 1 amide bonds. The maximum atomic E-state index is 12.6. The van der Waals surface area contributed by atoms with Gasteiger partial charge in [-0.1, -0.05) is 24.3 Å². The van der Waals surface area contributed by atoms with E-state index in [0.717, 1.165) is 28.1 Å². The number of amides is 1. The van der Waals surface area contributed by atoms with Crippen molar-refractivity contribution in [2.24, 2.45) is 0 Å². The van der Waals surface area contributed by atoms with Crippen LogP contribution in [0.3, 0.4) is 0 Å². The number of aromatic amines is 1. The molecular formula is C18H21N3O3. The molecule has 1 unspecified atom stereocenters. The number of hydrogen-bond donors (Lipinski definition) is 2. The van der Waals surface area contributed by atoms with Gasteiger partial charge in [-0.25, -0.2) is 4.79 Å². The number of aliphatic carboxylic acids is 1. The molecule has 1 aromatic carbocycles. The van der Waals surface area contributed by atoms with E-state index in [-0.39, 0.29) is 12.3 Å². The molecule has 1 aliphatic heterocycles. The molecule has 1 aromatic heterocycles. The third-order valence-corrected chi connectivity index (χ3v) is 4.78. The number of aromatic nitrogens is 2. The first-order valence-corrected chi connectivity index (χ1v) is 8.07. The van der Waals surface area contributed by atoms with Crippen LogP contribution in [0, 0.1) is 13.8 Å². The maximum absolute atomic E-state index is 12.6. The topological polar surface area (TPSA) is 86.3 Å². The van der Waals surface area contributed by atoms with Crippen LogP contribution >= 0.6 is 0 Å². The number of carboxylic acids is 1. The van der Waals surface area contributed by atoms with Gasteiger partial charge in [0.15, 0.2) is 0 Å². The number of carbonyl (C=O) groups excluding carboxylic acids is 1. The van der Waals surface area contributed by atoms with Crippen molar-refractivity contribution in [1.82, 2.24) is 15.1 Å². The molecule has 0 bridgehead atoms. The van der Waals surface area contributed by atoms with E-state index in [2.05, 4.69) is 10.2 Å². The molecule has 6 heteroatoms. The van der Waals surface area contributed by atoms with Gasteiger partial charge in [-0.05, 0) is 30.5 Å². The van der Waals surface area contributed by atoms with E-state index in [1.165, 1.54) is 4.90 Å². The molecule has 3 rings (SSSR count). The zero-order valence-electron chi connectivity index (χ0n) is 13.9. The van der Waals surface area contributed by atoms with Gasteiger partial charge in [0.2, 0.25) is 5.91 Å². The van der Waals surface area contributed by atoms with Gasteiger partial charge in [-0.3, -0.25) is 9.89 Å². The van der Waals surface area contributed by atoms with Crippen molar-refractivity contribution >= 4 is 11.9 Å². The van der Waals surface area contributed by atoms with E-state index in [9.17, 15) is 14.7 Å². The molecule has 2 heterocycles. The molecule has 0 saturated carbocycles. The minimum absolute atomic E-state index is 0.142. The number of H-pyrrole nitrogens is 1. The van der Waals surface area contributed by atoms with Gasteiger partial charge in [0.25, 0.3) is 0 Å². The summed E-state index contributed by atoms with van der Waals surface area (Å²) >= 11 is 0. The summed E-state index contributed by atoms with van der Waals surface area (Å²) in [5.74, 6) is -1.10. The van der Waals surface area contributed by atoms with Crippen molar-refractivity contribution in [3.8, 4) is 0 Å². The lowest BCUT2D eigenvalue weighted by atomic mass is 9.93. The van der Waals surface area contributed by atoms with Crippen LogP contribution in [0.2, 0.25) is 0 Å². The second-order valence-electron chi connectivity index (χ2n) is 6.27. The van der Waals surface area contributed by atoms with Crippen molar-refractivity contribution in [3.05, 3.63) is 52.3 Å². The molecule has 1 aliphatic rings. The molecule has 1 atom stereocenters. The Bertz CT molecular complexity index is 782. The van der Waals surface area contributed by atoms with Gasteiger partial charge >= 0.3 is 5.97 Å².